The molecule has 5 atom stereocenters. The third kappa shape index (κ3) is 1.25. The molecule has 5 unspecified atom stereocenters. The Kier molecular flexibility index (Phi) is 2.08. The van der Waals surface area contributed by atoms with Crippen LogP contribution in [0.15, 0.2) is 0 Å². The van der Waals surface area contributed by atoms with Crippen LogP contribution in [0.1, 0.15) is 19.8 Å². The molecule has 0 aliphatic carbocycles. The van der Waals surface area contributed by atoms with E-state index in [-0.39, 0.29) is 18.5 Å². The van der Waals surface area contributed by atoms with Gasteiger partial charge in [0.1, 0.15) is 17.5 Å². The minimum Gasteiger partial charge on any atom is -0.457 e. The molecule has 0 spiro atoms. The summed E-state index contributed by atoms with van der Waals surface area (Å²) < 4.78 is 38.7. The number of carbonyl (C=O) groups excluding carboxylic acids is 1. The average Bonchev–Trinajstić information content (AvgIpc) is 2.81. The van der Waals surface area contributed by atoms with E-state index in [2.05, 4.69) is 0 Å². The van der Waals surface area contributed by atoms with Crippen LogP contribution in [0, 0.1) is 0 Å². The van der Waals surface area contributed by atoms with Crippen LogP contribution in [0.25, 0.3) is 0 Å². The molecule has 3 aliphatic rings. The van der Waals surface area contributed by atoms with E-state index >= 15 is 0 Å². The van der Waals surface area contributed by atoms with Gasteiger partial charge in [-0.15, -0.1) is 0 Å². The van der Waals surface area contributed by atoms with E-state index in [9.17, 15) is 13.2 Å². The minimum atomic E-state index is -3.52. The standard InChI is InChI=1S/C9H12O6S/c1-2-6(10)14-7-4-3-5-8(13-4)9(7)15-16(5,11)12/h4-5,7-9H,2-3H2,1H3. The summed E-state index contributed by atoms with van der Waals surface area (Å²) in [5, 5.41) is -0.570. The fourth-order valence-electron chi connectivity index (χ4n) is 2.60. The quantitative estimate of drug-likeness (QED) is 0.487. The van der Waals surface area contributed by atoms with Gasteiger partial charge in [-0.25, -0.2) is 0 Å². The number of ether oxygens (including phenoxy) is 2. The van der Waals surface area contributed by atoms with Gasteiger partial charge in [0.15, 0.2) is 6.10 Å². The van der Waals surface area contributed by atoms with Crippen molar-refractivity contribution in [1.82, 2.24) is 0 Å². The van der Waals surface area contributed by atoms with Crippen molar-refractivity contribution >= 4 is 16.1 Å². The van der Waals surface area contributed by atoms with Crippen LogP contribution in [-0.2, 0) is 28.6 Å². The number of hydrogen-bond acceptors (Lipinski definition) is 6. The average molecular weight is 248 g/mol. The highest BCUT2D eigenvalue weighted by atomic mass is 32.2. The van der Waals surface area contributed by atoms with Gasteiger partial charge in [0.05, 0.1) is 6.10 Å². The Labute approximate surface area is 93.0 Å². The lowest BCUT2D eigenvalue weighted by molar-refractivity contribution is -0.154. The molecule has 6 nitrogen and oxygen atoms in total. The van der Waals surface area contributed by atoms with E-state index in [1.54, 1.807) is 6.92 Å². The number of esters is 1. The predicted molar refractivity (Wildman–Crippen MR) is 51.0 cm³/mol. The number of fused-ring (bicyclic) bond motifs is 1. The third-order valence-electron chi connectivity index (χ3n) is 3.35. The smallest absolute Gasteiger partial charge is 0.305 e. The molecular formula is C9H12O6S. The summed E-state index contributed by atoms with van der Waals surface area (Å²) in [6, 6.07) is 0. The van der Waals surface area contributed by atoms with Gasteiger partial charge in [-0.05, 0) is 6.42 Å². The summed E-state index contributed by atoms with van der Waals surface area (Å²) in [5.41, 5.74) is 0. The van der Waals surface area contributed by atoms with Crippen molar-refractivity contribution in [2.24, 2.45) is 0 Å². The molecule has 0 aromatic carbocycles. The van der Waals surface area contributed by atoms with E-state index in [0.29, 0.717) is 6.42 Å². The largest absolute Gasteiger partial charge is 0.457 e. The second kappa shape index (κ2) is 3.18. The molecule has 3 fully saturated rings. The van der Waals surface area contributed by atoms with E-state index < -0.39 is 33.7 Å². The maximum Gasteiger partial charge on any atom is 0.305 e. The molecule has 0 aromatic heterocycles. The van der Waals surface area contributed by atoms with Crippen molar-refractivity contribution in [3.63, 3.8) is 0 Å². The van der Waals surface area contributed by atoms with Gasteiger partial charge < -0.3 is 9.47 Å². The van der Waals surface area contributed by atoms with Crippen molar-refractivity contribution in [3.05, 3.63) is 0 Å². The van der Waals surface area contributed by atoms with Crippen LogP contribution in [0.2, 0.25) is 0 Å². The molecule has 3 rings (SSSR count). The first-order valence-electron chi connectivity index (χ1n) is 5.30. The highest BCUT2D eigenvalue weighted by Crippen LogP contribution is 2.47. The van der Waals surface area contributed by atoms with Crippen LogP contribution >= 0.6 is 0 Å². The molecule has 7 heteroatoms. The summed E-state index contributed by atoms with van der Waals surface area (Å²) in [4.78, 5) is 11.2. The molecule has 0 aromatic rings. The van der Waals surface area contributed by atoms with Gasteiger partial charge in [-0.2, -0.15) is 8.42 Å². The van der Waals surface area contributed by atoms with Gasteiger partial charge in [0.2, 0.25) is 0 Å². The molecular weight excluding hydrogens is 236 g/mol. The highest BCUT2D eigenvalue weighted by Gasteiger charge is 2.67. The van der Waals surface area contributed by atoms with Crippen LogP contribution in [0.5, 0.6) is 0 Å². The van der Waals surface area contributed by atoms with E-state index in [4.69, 9.17) is 13.7 Å². The number of rotatable bonds is 2. The monoisotopic (exact) mass is 248 g/mol. The van der Waals surface area contributed by atoms with E-state index in [1.807, 2.05) is 0 Å². The first-order valence-corrected chi connectivity index (χ1v) is 6.77. The zero-order chi connectivity index (χ0) is 11.5. The van der Waals surface area contributed by atoms with Crippen LogP contribution in [0.3, 0.4) is 0 Å². The summed E-state index contributed by atoms with van der Waals surface area (Å²) >= 11 is 0. The molecule has 0 amide bonds. The normalized spacial score (nSPS) is 47.2. The second-order valence-electron chi connectivity index (χ2n) is 4.27. The highest BCUT2D eigenvalue weighted by molar-refractivity contribution is 7.87. The molecule has 0 N–H and O–H groups in total. The Morgan fingerprint density at radius 1 is 1.44 bits per heavy atom. The number of hydrogen-bond donors (Lipinski definition) is 0. The van der Waals surface area contributed by atoms with Gasteiger partial charge in [-0.1, -0.05) is 6.92 Å². The first-order chi connectivity index (χ1) is 7.53. The molecule has 3 aliphatic heterocycles. The Balaban J connectivity index is 1.84. The zero-order valence-corrected chi connectivity index (χ0v) is 9.48. The Morgan fingerprint density at radius 2 is 2.19 bits per heavy atom. The molecule has 0 radical (unpaired) electrons. The Hall–Kier alpha value is -0.660. The van der Waals surface area contributed by atoms with Gasteiger partial charge in [-0.3, -0.25) is 8.98 Å². The first kappa shape index (κ1) is 10.5. The maximum atomic E-state index is 11.5. The summed E-state index contributed by atoms with van der Waals surface area (Å²) in [5.74, 6) is -0.356. The summed E-state index contributed by atoms with van der Waals surface area (Å²) in [6.45, 7) is 1.69. The molecule has 3 saturated heterocycles. The van der Waals surface area contributed by atoms with Crippen molar-refractivity contribution in [1.29, 1.82) is 0 Å². The number of carbonyl (C=O) groups is 1. The molecule has 16 heavy (non-hydrogen) atoms. The fraction of sp³-hybridized carbons (Fsp3) is 0.889. The molecule has 90 valence electrons. The summed E-state index contributed by atoms with van der Waals surface area (Å²) in [7, 11) is -3.52. The van der Waals surface area contributed by atoms with Gasteiger partial charge >= 0.3 is 5.97 Å². The van der Waals surface area contributed by atoms with Gasteiger partial charge in [0, 0.05) is 6.42 Å². The zero-order valence-electron chi connectivity index (χ0n) is 8.66. The van der Waals surface area contributed by atoms with Crippen molar-refractivity contribution < 1.29 is 26.9 Å². The predicted octanol–water partition coefficient (Wildman–Crippen LogP) is -0.423. The lowest BCUT2D eigenvalue weighted by Crippen LogP contribution is -2.41. The van der Waals surface area contributed by atoms with Gasteiger partial charge in [0.25, 0.3) is 10.1 Å². The van der Waals surface area contributed by atoms with Crippen LogP contribution in [0.4, 0.5) is 0 Å². The molecule has 2 bridgehead atoms. The lowest BCUT2D eigenvalue weighted by Gasteiger charge is -2.21. The SMILES string of the molecule is CCC(=O)OC1C2CC3C(O2)C1OS3(=O)=O. The Bertz CT molecular complexity index is 429. The maximum absolute atomic E-state index is 11.5. The van der Waals surface area contributed by atoms with Crippen molar-refractivity contribution in [2.45, 2.75) is 49.4 Å². The fourth-order valence-corrected chi connectivity index (χ4v) is 4.25. The molecule has 3 heterocycles. The van der Waals surface area contributed by atoms with Crippen LogP contribution < -0.4 is 0 Å². The van der Waals surface area contributed by atoms with Crippen molar-refractivity contribution in [3.8, 4) is 0 Å². The third-order valence-corrected chi connectivity index (χ3v) is 5.04. The summed E-state index contributed by atoms with van der Waals surface area (Å²) in [6.07, 6.45) is -1.35. The van der Waals surface area contributed by atoms with Crippen molar-refractivity contribution in [2.75, 3.05) is 0 Å². The van der Waals surface area contributed by atoms with E-state index in [1.165, 1.54) is 0 Å². The minimum absolute atomic E-state index is 0.261. The van der Waals surface area contributed by atoms with Crippen LogP contribution in [-0.4, -0.2) is 44.1 Å². The lowest BCUT2D eigenvalue weighted by atomic mass is 9.94. The molecule has 0 saturated carbocycles. The van der Waals surface area contributed by atoms with E-state index in [0.717, 1.165) is 0 Å². The Morgan fingerprint density at radius 3 is 2.88 bits per heavy atom. The second-order valence-corrected chi connectivity index (χ2v) is 6.06. The topological polar surface area (TPSA) is 78.9 Å².